The Morgan fingerprint density at radius 1 is 1.08 bits per heavy atom. The van der Waals surface area contributed by atoms with Crippen molar-refractivity contribution in [3.05, 3.63) is 47.5 Å². The van der Waals surface area contributed by atoms with Crippen molar-refractivity contribution >= 4 is 13.2 Å². The normalized spacial score (nSPS) is 19.5. The van der Waals surface area contributed by atoms with Crippen molar-refractivity contribution in [2.45, 2.75) is 38.9 Å². The van der Waals surface area contributed by atoms with Gasteiger partial charge in [0.25, 0.3) is 0 Å². The molecular formula is C16H17BF3N3O2. The van der Waals surface area contributed by atoms with Crippen LogP contribution in [-0.4, -0.2) is 33.3 Å². The average Bonchev–Trinajstić information content (AvgIpc) is 3.01. The predicted octanol–water partition coefficient (Wildman–Crippen LogP) is 3.49. The van der Waals surface area contributed by atoms with Crippen LogP contribution in [0.5, 0.6) is 0 Å². The molecule has 132 valence electrons. The summed E-state index contributed by atoms with van der Waals surface area (Å²) in [4.78, 5) is 0. The Kier molecular flexibility index (Phi) is 4.24. The average molecular weight is 351 g/mol. The van der Waals surface area contributed by atoms with Crippen LogP contribution in [0.3, 0.4) is 0 Å². The summed E-state index contributed by atoms with van der Waals surface area (Å²) in [7, 11) is -1.15. The van der Waals surface area contributed by atoms with Gasteiger partial charge in [0, 0.05) is 6.07 Å². The summed E-state index contributed by atoms with van der Waals surface area (Å²) in [5, 5.41) is 7.52. The quantitative estimate of drug-likeness (QED) is 0.795. The molecule has 2 aromatic rings. The first kappa shape index (κ1) is 17.7. The van der Waals surface area contributed by atoms with Gasteiger partial charge in [-0.15, -0.1) is 5.10 Å². The van der Waals surface area contributed by atoms with E-state index in [2.05, 4.69) is 10.3 Å². The molecule has 0 amide bonds. The van der Waals surface area contributed by atoms with Crippen LogP contribution < -0.4 is 0 Å². The van der Waals surface area contributed by atoms with Gasteiger partial charge in [-0.25, -0.2) is 17.9 Å². The molecule has 0 aliphatic carbocycles. The molecule has 0 spiro atoms. The van der Waals surface area contributed by atoms with Gasteiger partial charge < -0.3 is 9.31 Å². The number of aromatic nitrogens is 3. The lowest BCUT2D eigenvalue weighted by molar-refractivity contribution is 0.00578. The van der Waals surface area contributed by atoms with Gasteiger partial charge in [0.05, 0.1) is 23.1 Å². The van der Waals surface area contributed by atoms with Crippen LogP contribution in [0.25, 0.3) is 11.8 Å². The van der Waals surface area contributed by atoms with Crippen LogP contribution in [0, 0.1) is 11.6 Å². The van der Waals surface area contributed by atoms with E-state index in [1.807, 2.05) is 27.7 Å². The Labute approximate surface area is 143 Å². The first-order valence-electron chi connectivity index (χ1n) is 7.69. The van der Waals surface area contributed by atoms with E-state index in [1.165, 1.54) is 6.20 Å². The molecule has 3 rings (SSSR count). The second kappa shape index (κ2) is 6.00. The van der Waals surface area contributed by atoms with Gasteiger partial charge in [-0.3, -0.25) is 0 Å². The first-order chi connectivity index (χ1) is 11.6. The Bertz CT molecular complexity index is 800. The number of nitrogens with zero attached hydrogens (tertiary/aromatic N) is 3. The summed E-state index contributed by atoms with van der Waals surface area (Å²) in [6, 6.07) is 2.94. The molecule has 1 aliphatic heterocycles. The zero-order valence-corrected chi connectivity index (χ0v) is 14.3. The summed E-state index contributed by atoms with van der Waals surface area (Å²) in [5.41, 5.74) is -1.70. The molecule has 25 heavy (non-hydrogen) atoms. The molecule has 9 heteroatoms. The van der Waals surface area contributed by atoms with Gasteiger partial charge >= 0.3 is 7.12 Å². The summed E-state index contributed by atoms with van der Waals surface area (Å²) in [6.07, 6.45) is 2.46. The van der Waals surface area contributed by atoms with Crippen LogP contribution in [0.2, 0.25) is 0 Å². The molecule has 0 N–H and O–H groups in total. The lowest BCUT2D eigenvalue weighted by atomic mass is 9.87. The lowest BCUT2D eigenvalue weighted by Gasteiger charge is -2.32. The molecule has 1 saturated heterocycles. The highest BCUT2D eigenvalue weighted by molar-refractivity contribution is 6.54. The Hall–Kier alpha value is -2.13. The fourth-order valence-electron chi connectivity index (χ4n) is 2.31. The molecule has 0 radical (unpaired) electrons. The molecule has 1 aromatic heterocycles. The lowest BCUT2D eigenvalue weighted by Crippen LogP contribution is -2.41. The first-order valence-corrected chi connectivity index (χ1v) is 7.69. The van der Waals surface area contributed by atoms with Crippen LogP contribution in [0.4, 0.5) is 13.2 Å². The van der Waals surface area contributed by atoms with Crippen molar-refractivity contribution in [3.63, 3.8) is 0 Å². The van der Waals surface area contributed by atoms with E-state index >= 15 is 0 Å². The molecule has 1 aromatic carbocycles. The van der Waals surface area contributed by atoms with Crippen molar-refractivity contribution in [2.24, 2.45) is 0 Å². The summed E-state index contributed by atoms with van der Waals surface area (Å²) in [6.45, 7) is 7.26. The molecule has 0 bridgehead atoms. The Morgan fingerprint density at radius 2 is 1.64 bits per heavy atom. The fraction of sp³-hybridized carbons (Fsp3) is 0.375. The van der Waals surface area contributed by atoms with Gasteiger partial charge in [0.1, 0.15) is 23.1 Å². The van der Waals surface area contributed by atoms with Crippen LogP contribution in [-0.2, 0) is 9.31 Å². The van der Waals surface area contributed by atoms with E-state index in [-0.39, 0.29) is 11.4 Å². The van der Waals surface area contributed by atoms with Gasteiger partial charge in [0.2, 0.25) is 0 Å². The molecule has 1 fully saturated rings. The number of rotatable bonds is 3. The van der Waals surface area contributed by atoms with Crippen molar-refractivity contribution in [3.8, 4) is 5.69 Å². The molecular weight excluding hydrogens is 334 g/mol. The standard InChI is InChI=1S/C16H17BF3N3O2/c1-15(2)16(3,4)25-17(24-15)14(20)8-12-9-23(22-21-12)13-6-10(18)5-11(19)7-13/h5-9H,1-4H3. The number of hydrogen-bond donors (Lipinski definition) is 0. The second-order valence-electron chi connectivity index (χ2n) is 6.83. The largest absolute Gasteiger partial charge is 0.525 e. The molecule has 0 unspecified atom stereocenters. The van der Waals surface area contributed by atoms with Crippen LogP contribution in [0.1, 0.15) is 33.4 Å². The van der Waals surface area contributed by atoms with Gasteiger partial charge in [-0.1, -0.05) is 5.21 Å². The number of hydrogen-bond acceptors (Lipinski definition) is 4. The predicted molar refractivity (Wildman–Crippen MR) is 86.4 cm³/mol. The maximum atomic E-state index is 14.4. The van der Waals surface area contributed by atoms with Crippen molar-refractivity contribution < 1.29 is 22.5 Å². The van der Waals surface area contributed by atoms with Crippen molar-refractivity contribution in [1.29, 1.82) is 0 Å². The fourth-order valence-corrected chi connectivity index (χ4v) is 2.31. The van der Waals surface area contributed by atoms with Gasteiger partial charge in [-0.05, 0) is 45.9 Å². The van der Waals surface area contributed by atoms with Crippen LogP contribution in [0.15, 0.2) is 30.1 Å². The SMILES string of the molecule is CC1(C)OB(C(F)=Cc2cn(-c3cc(F)cc(F)c3)nn2)OC1(C)C. The smallest absolute Gasteiger partial charge is 0.398 e. The third kappa shape index (κ3) is 3.47. The molecule has 0 atom stereocenters. The minimum Gasteiger partial charge on any atom is -0.398 e. The monoisotopic (exact) mass is 351 g/mol. The van der Waals surface area contributed by atoms with Crippen molar-refractivity contribution in [2.75, 3.05) is 0 Å². The maximum Gasteiger partial charge on any atom is 0.525 e. The van der Waals surface area contributed by atoms with E-state index in [0.29, 0.717) is 0 Å². The highest BCUT2D eigenvalue weighted by Gasteiger charge is 2.53. The van der Waals surface area contributed by atoms with E-state index in [1.54, 1.807) is 0 Å². The number of halogens is 3. The van der Waals surface area contributed by atoms with Gasteiger partial charge in [0.15, 0.2) is 0 Å². The summed E-state index contributed by atoms with van der Waals surface area (Å²) in [5.74, 6) is -1.49. The number of benzene rings is 1. The summed E-state index contributed by atoms with van der Waals surface area (Å²) >= 11 is 0. The van der Waals surface area contributed by atoms with Gasteiger partial charge in [-0.2, -0.15) is 0 Å². The highest BCUT2D eigenvalue weighted by atomic mass is 19.1. The third-order valence-electron chi connectivity index (χ3n) is 4.39. The minimum atomic E-state index is -1.15. The minimum absolute atomic E-state index is 0.140. The molecule has 5 nitrogen and oxygen atoms in total. The zero-order chi connectivity index (χ0) is 18.4. The van der Waals surface area contributed by atoms with Crippen LogP contribution >= 0.6 is 0 Å². The Balaban J connectivity index is 1.82. The zero-order valence-electron chi connectivity index (χ0n) is 14.3. The molecule has 1 aliphatic rings. The van der Waals surface area contributed by atoms with Crippen molar-refractivity contribution in [1.82, 2.24) is 15.0 Å². The van der Waals surface area contributed by atoms with E-state index < -0.39 is 35.7 Å². The highest BCUT2D eigenvalue weighted by Crippen LogP contribution is 2.38. The third-order valence-corrected chi connectivity index (χ3v) is 4.39. The van der Waals surface area contributed by atoms with E-state index in [0.717, 1.165) is 29.0 Å². The van der Waals surface area contributed by atoms with E-state index in [9.17, 15) is 13.2 Å². The van der Waals surface area contributed by atoms with E-state index in [4.69, 9.17) is 9.31 Å². The molecule has 2 heterocycles. The topological polar surface area (TPSA) is 49.2 Å². The Morgan fingerprint density at radius 3 is 2.20 bits per heavy atom. The second-order valence-corrected chi connectivity index (χ2v) is 6.83. The molecule has 0 saturated carbocycles. The maximum absolute atomic E-state index is 14.4. The summed E-state index contributed by atoms with van der Waals surface area (Å²) < 4.78 is 53.3.